The second-order valence-corrected chi connectivity index (χ2v) is 15.3. The fourth-order valence-electron chi connectivity index (χ4n) is 10.0. The van der Waals surface area contributed by atoms with Gasteiger partial charge in [-0.05, 0) is 68.8 Å². The minimum absolute atomic E-state index is 0.0273. The molecular formula is C49H36N4O4+2. The summed E-state index contributed by atoms with van der Waals surface area (Å²) in [6.07, 6.45) is 9.02. The molecule has 2 aromatic heterocycles. The first-order valence-corrected chi connectivity index (χ1v) is 19.3. The van der Waals surface area contributed by atoms with E-state index in [4.69, 9.17) is 0 Å². The Morgan fingerprint density at radius 3 is 1.04 bits per heavy atom. The second kappa shape index (κ2) is 11.7. The monoisotopic (exact) mass is 744 g/mol. The molecule has 57 heavy (non-hydrogen) atoms. The van der Waals surface area contributed by atoms with Crippen molar-refractivity contribution in [3.8, 4) is 0 Å². The molecule has 8 heteroatoms. The van der Waals surface area contributed by atoms with Crippen molar-refractivity contribution in [1.29, 1.82) is 0 Å². The summed E-state index contributed by atoms with van der Waals surface area (Å²) in [6, 6.07) is 41.9. The lowest BCUT2D eigenvalue weighted by molar-refractivity contribution is -0.834. The summed E-state index contributed by atoms with van der Waals surface area (Å²) in [7, 11) is 0. The van der Waals surface area contributed by atoms with Gasteiger partial charge >= 0.3 is 5.91 Å². The Morgan fingerprint density at radius 2 is 0.702 bits per heavy atom. The topological polar surface area (TPSA) is 96.8 Å². The molecule has 0 unspecified atom stereocenters. The predicted octanol–water partition coefficient (Wildman–Crippen LogP) is 4.39. The summed E-state index contributed by atoms with van der Waals surface area (Å²) in [5, 5.41) is 42.1. The van der Waals surface area contributed by atoms with Crippen LogP contribution in [0.2, 0.25) is 0 Å². The molecule has 0 bridgehead atoms. The van der Waals surface area contributed by atoms with E-state index < -0.39 is 5.91 Å². The third-order valence-electron chi connectivity index (χ3n) is 12.5. The number of nitrogens with zero attached hydrogens (tertiary/aromatic N) is 4. The Bertz CT molecular complexity index is 2910. The minimum atomic E-state index is -0.934. The molecule has 0 radical (unpaired) electrons. The molecule has 4 N–H and O–H groups in total. The van der Waals surface area contributed by atoms with E-state index in [1.807, 2.05) is 48.5 Å². The zero-order chi connectivity index (χ0) is 38.2. The normalized spacial score (nSPS) is 17.4. The summed E-state index contributed by atoms with van der Waals surface area (Å²) in [4.78, 5) is 0. The van der Waals surface area contributed by atoms with E-state index >= 15 is 0 Å². The number of hydrogen-bond donors (Lipinski definition) is 4. The number of hydrogen-bond acceptors (Lipinski definition) is 4. The van der Waals surface area contributed by atoms with Crippen molar-refractivity contribution in [2.24, 2.45) is 0 Å². The highest BCUT2D eigenvalue weighted by molar-refractivity contribution is 6.29. The lowest BCUT2D eigenvalue weighted by Crippen LogP contribution is -2.71. The molecule has 4 aromatic carbocycles. The zero-order valence-electron chi connectivity index (χ0n) is 30.8. The van der Waals surface area contributed by atoms with Gasteiger partial charge in [0.25, 0.3) is 0 Å². The van der Waals surface area contributed by atoms with Crippen molar-refractivity contribution >= 4 is 33.7 Å². The standard InChI is InChI=1S/C49H36N4O4/c54-25-29-1-9-33(10-2-29)45-37-17-19-39-46(34-11-3-30(26-55)4-12-34)41-21-23-43-48(36-15-7-32(28-57)8-16-36)44-24-22-42-47(35-13-5-31(27-56)6-14-35)40-20-18-38(45)51(40)49(50(37)39,52(41)43)53(42)44/h1-24,54-57H,25-28H2/q+2. The van der Waals surface area contributed by atoms with Crippen molar-refractivity contribution in [1.82, 2.24) is 9.13 Å². The second-order valence-electron chi connectivity index (χ2n) is 15.3. The van der Waals surface area contributed by atoms with E-state index in [9.17, 15) is 20.4 Å². The molecule has 6 aliphatic rings. The molecule has 12 rings (SSSR count). The number of aromatic nitrogens is 2. The molecule has 0 saturated heterocycles. The van der Waals surface area contributed by atoms with Gasteiger partial charge in [-0.1, -0.05) is 106 Å². The number of allylic oxidation sites excluding steroid dienone is 4. The minimum Gasteiger partial charge on any atom is -0.392 e. The molecule has 0 aliphatic carbocycles. The Labute approximate surface area is 327 Å². The van der Waals surface area contributed by atoms with Gasteiger partial charge in [-0.3, -0.25) is 0 Å². The van der Waals surface area contributed by atoms with E-state index in [0.717, 1.165) is 112 Å². The van der Waals surface area contributed by atoms with Gasteiger partial charge in [-0.2, -0.15) is 9.13 Å². The van der Waals surface area contributed by atoms with Crippen LogP contribution in [-0.2, 0) is 32.3 Å². The number of aliphatic hydroxyl groups excluding tert-OH is 4. The highest BCUT2D eigenvalue weighted by atomic mass is 16.3. The van der Waals surface area contributed by atoms with Gasteiger partial charge in [0, 0.05) is 24.3 Å². The summed E-state index contributed by atoms with van der Waals surface area (Å²) >= 11 is 0. The Hall–Kier alpha value is -6.68. The summed E-state index contributed by atoms with van der Waals surface area (Å²) < 4.78 is 10.1. The van der Waals surface area contributed by atoms with Gasteiger partial charge in [0.2, 0.25) is 22.8 Å². The van der Waals surface area contributed by atoms with Gasteiger partial charge in [0.15, 0.2) is 0 Å². The third kappa shape index (κ3) is 4.04. The van der Waals surface area contributed by atoms with Crippen LogP contribution in [0.3, 0.4) is 0 Å². The number of rotatable bonds is 8. The van der Waals surface area contributed by atoms with E-state index in [1.165, 1.54) is 0 Å². The van der Waals surface area contributed by atoms with Crippen LogP contribution >= 0.6 is 0 Å². The first kappa shape index (κ1) is 32.6. The van der Waals surface area contributed by atoms with Crippen LogP contribution in [0, 0.1) is 0 Å². The smallest absolute Gasteiger partial charge is 0.392 e. The van der Waals surface area contributed by atoms with Crippen LogP contribution in [-0.4, -0.2) is 50.1 Å². The van der Waals surface area contributed by atoms with Gasteiger partial charge in [0.1, 0.15) is 0 Å². The number of benzene rings is 4. The van der Waals surface area contributed by atoms with Gasteiger partial charge < -0.3 is 20.4 Å². The van der Waals surface area contributed by atoms with E-state index in [1.54, 1.807) is 0 Å². The lowest BCUT2D eigenvalue weighted by Gasteiger charge is -2.41. The van der Waals surface area contributed by atoms with Crippen LogP contribution in [0.4, 0.5) is 0 Å². The molecule has 0 amide bonds. The molecule has 6 aliphatic heterocycles. The average Bonchev–Trinajstić information content (AvgIpc) is 4.10. The van der Waals surface area contributed by atoms with Crippen molar-refractivity contribution in [2.45, 2.75) is 32.3 Å². The van der Waals surface area contributed by atoms with E-state index in [-0.39, 0.29) is 26.4 Å². The fraction of sp³-hybridized carbons (Fsp3) is 0.102. The van der Waals surface area contributed by atoms with E-state index in [0.29, 0.717) is 0 Å². The van der Waals surface area contributed by atoms with Gasteiger partial charge in [0.05, 0.1) is 70.8 Å². The maximum Gasteiger partial charge on any atom is 0.553 e. The predicted molar refractivity (Wildman–Crippen MR) is 217 cm³/mol. The van der Waals surface area contributed by atoms with E-state index in [2.05, 4.69) is 115 Å². The van der Waals surface area contributed by atoms with Crippen LogP contribution in [0.15, 0.2) is 157 Å². The van der Waals surface area contributed by atoms with Crippen molar-refractivity contribution in [3.63, 3.8) is 0 Å². The maximum absolute atomic E-state index is 9.99. The Morgan fingerprint density at radius 1 is 0.368 bits per heavy atom. The molecule has 0 saturated carbocycles. The quantitative estimate of drug-likeness (QED) is 0.174. The first-order chi connectivity index (χ1) is 28.1. The molecule has 0 atom stereocenters. The lowest BCUT2D eigenvalue weighted by atomic mass is 9.92. The van der Waals surface area contributed by atoms with Crippen LogP contribution in [0.1, 0.15) is 55.9 Å². The maximum atomic E-state index is 9.99. The molecule has 8 nitrogen and oxygen atoms in total. The third-order valence-corrected chi connectivity index (χ3v) is 12.5. The van der Waals surface area contributed by atoms with Gasteiger partial charge in [-0.15, -0.1) is 0 Å². The van der Waals surface area contributed by atoms with Crippen molar-refractivity contribution in [2.75, 3.05) is 0 Å². The first-order valence-electron chi connectivity index (χ1n) is 19.3. The molecular weight excluding hydrogens is 709 g/mol. The molecule has 8 heterocycles. The van der Waals surface area contributed by atoms with Crippen molar-refractivity contribution in [3.05, 3.63) is 224 Å². The molecule has 6 aromatic rings. The molecule has 1 spiro atoms. The zero-order valence-corrected chi connectivity index (χ0v) is 30.8. The summed E-state index contributed by atoms with van der Waals surface area (Å²) in [5.41, 5.74) is 18.5. The summed E-state index contributed by atoms with van der Waals surface area (Å²) in [5.74, 6) is -0.934. The largest absolute Gasteiger partial charge is 0.553 e. The molecule has 0 fully saturated rings. The molecule has 274 valence electrons. The van der Waals surface area contributed by atoms with Crippen LogP contribution < -0.4 is 10.7 Å². The highest BCUT2D eigenvalue weighted by Crippen LogP contribution is 2.53. The van der Waals surface area contributed by atoms with Gasteiger partial charge in [-0.25, -0.2) is 0 Å². The Balaban J connectivity index is 1.28. The SMILES string of the molecule is OCc1ccc(C2=C3C=CC4=[N+]3C35n6c2ccc6C(c2ccc(CO)cc2)=C2C=CC(=[N+]23)C(c2ccc(CO)cc2)=c2ccc(n25)=C4c2ccc(CO)cc2)cc1. The Kier molecular flexibility index (Phi) is 6.67. The van der Waals surface area contributed by atoms with Crippen LogP contribution in [0.25, 0.3) is 22.3 Å². The van der Waals surface area contributed by atoms with Crippen LogP contribution in [0.5, 0.6) is 0 Å². The number of aliphatic hydroxyl groups is 4. The fourth-order valence-corrected chi connectivity index (χ4v) is 10.0. The average molecular weight is 745 g/mol. The highest BCUT2D eigenvalue weighted by Gasteiger charge is 2.72. The summed E-state index contributed by atoms with van der Waals surface area (Å²) in [6.45, 7) is -0.109. The van der Waals surface area contributed by atoms with Crippen molar-refractivity contribution < 1.29 is 29.6 Å².